The van der Waals surface area contributed by atoms with Crippen molar-refractivity contribution in [3.05, 3.63) is 71.8 Å². The number of hydrogen-bond donors (Lipinski definition) is 4. The van der Waals surface area contributed by atoms with Crippen molar-refractivity contribution in [1.82, 2.24) is 16.2 Å². The van der Waals surface area contributed by atoms with Gasteiger partial charge in [0, 0.05) is 19.0 Å². The highest BCUT2D eigenvalue weighted by atomic mass is 16.3. The number of amides is 1. The first-order valence-corrected chi connectivity index (χ1v) is 8.66. The lowest BCUT2D eigenvalue weighted by Crippen LogP contribution is -2.46. The van der Waals surface area contributed by atoms with Gasteiger partial charge in [0.25, 0.3) is 0 Å². The van der Waals surface area contributed by atoms with E-state index in [4.69, 9.17) is 0 Å². The fourth-order valence-electron chi connectivity index (χ4n) is 3.24. The second-order valence-corrected chi connectivity index (χ2v) is 6.70. The van der Waals surface area contributed by atoms with Gasteiger partial charge in [0.1, 0.15) is 5.60 Å². The molecule has 25 heavy (non-hydrogen) atoms. The van der Waals surface area contributed by atoms with Crippen molar-refractivity contribution >= 4 is 5.91 Å². The molecule has 3 atom stereocenters. The molecular weight excluding hydrogens is 314 g/mol. The summed E-state index contributed by atoms with van der Waals surface area (Å²) in [6.45, 7) is 2.74. The Bertz CT molecular complexity index is 693. The molecule has 1 saturated heterocycles. The number of benzene rings is 2. The van der Waals surface area contributed by atoms with Crippen LogP contribution in [-0.2, 0) is 16.8 Å². The molecule has 1 fully saturated rings. The summed E-state index contributed by atoms with van der Waals surface area (Å²) in [7, 11) is 0. The summed E-state index contributed by atoms with van der Waals surface area (Å²) >= 11 is 0. The topological polar surface area (TPSA) is 73.4 Å². The highest BCUT2D eigenvalue weighted by Gasteiger charge is 2.34. The van der Waals surface area contributed by atoms with Crippen LogP contribution in [0.2, 0.25) is 0 Å². The van der Waals surface area contributed by atoms with Crippen LogP contribution >= 0.6 is 0 Å². The van der Waals surface area contributed by atoms with Gasteiger partial charge in [-0.3, -0.25) is 15.6 Å². The van der Waals surface area contributed by atoms with Crippen LogP contribution in [0, 0.1) is 5.92 Å². The first-order chi connectivity index (χ1) is 12.1. The van der Waals surface area contributed by atoms with Gasteiger partial charge in [-0.1, -0.05) is 60.7 Å². The lowest BCUT2D eigenvalue weighted by molar-refractivity contribution is -0.126. The van der Waals surface area contributed by atoms with E-state index in [0.29, 0.717) is 13.0 Å². The third-order valence-corrected chi connectivity index (χ3v) is 4.80. The quantitative estimate of drug-likeness (QED) is 0.641. The van der Waals surface area contributed by atoms with Crippen LogP contribution in [-0.4, -0.2) is 30.1 Å². The van der Waals surface area contributed by atoms with Gasteiger partial charge >= 0.3 is 0 Å². The minimum absolute atomic E-state index is 0.0487. The number of rotatable bonds is 6. The molecule has 0 spiro atoms. The number of carbonyl (C=O) groups is 1. The van der Waals surface area contributed by atoms with Crippen LogP contribution in [0.15, 0.2) is 60.7 Å². The molecule has 0 aromatic heterocycles. The van der Waals surface area contributed by atoms with Gasteiger partial charge in [-0.15, -0.1) is 0 Å². The van der Waals surface area contributed by atoms with Crippen LogP contribution in [0.25, 0.3) is 0 Å². The maximum absolute atomic E-state index is 12.5. The summed E-state index contributed by atoms with van der Waals surface area (Å²) in [5.74, 6) is -0.191. The zero-order chi connectivity index (χ0) is 17.7. The Morgan fingerprint density at radius 3 is 2.40 bits per heavy atom. The summed E-state index contributed by atoms with van der Waals surface area (Å²) in [6.07, 6.45) is 0.439. The standard InChI is InChI=1S/C20H25N3O2/c1-15-18(13-22-23-15)19(24)21-14-20(25,17-10-6-3-7-11-17)12-16-8-4-2-5-9-16/h2-11,15,18,22-23,25H,12-14H2,1H3,(H,21,24). The van der Waals surface area contributed by atoms with E-state index in [1.54, 1.807) is 0 Å². The smallest absolute Gasteiger partial charge is 0.226 e. The number of hydrogen-bond acceptors (Lipinski definition) is 4. The molecule has 1 aliphatic rings. The number of aliphatic hydroxyl groups is 1. The Labute approximate surface area is 148 Å². The fourth-order valence-corrected chi connectivity index (χ4v) is 3.24. The fraction of sp³-hybridized carbons (Fsp3) is 0.350. The van der Waals surface area contributed by atoms with Crippen molar-refractivity contribution in [3.8, 4) is 0 Å². The molecule has 0 radical (unpaired) electrons. The molecule has 132 valence electrons. The van der Waals surface area contributed by atoms with E-state index >= 15 is 0 Å². The molecule has 1 aliphatic heterocycles. The second-order valence-electron chi connectivity index (χ2n) is 6.70. The first kappa shape index (κ1) is 17.6. The molecule has 2 aromatic carbocycles. The van der Waals surface area contributed by atoms with Crippen molar-refractivity contribution in [2.75, 3.05) is 13.1 Å². The Morgan fingerprint density at radius 2 is 1.80 bits per heavy atom. The third kappa shape index (κ3) is 4.25. The zero-order valence-electron chi connectivity index (χ0n) is 14.4. The number of carbonyl (C=O) groups excluding carboxylic acids is 1. The molecule has 0 aliphatic carbocycles. The summed E-state index contributed by atoms with van der Waals surface area (Å²) in [5.41, 5.74) is 6.72. The predicted octanol–water partition coefficient (Wildman–Crippen LogP) is 1.35. The zero-order valence-corrected chi connectivity index (χ0v) is 14.4. The van der Waals surface area contributed by atoms with E-state index < -0.39 is 5.60 Å². The van der Waals surface area contributed by atoms with Crippen LogP contribution in [0.5, 0.6) is 0 Å². The maximum Gasteiger partial charge on any atom is 0.226 e. The normalized spacial score (nSPS) is 22.3. The molecule has 3 rings (SSSR count). The average molecular weight is 339 g/mol. The van der Waals surface area contributed by atoms with E-state index in [9.17, 15) is 9.90 Å². The van der Waals surface area contributed by atoms with Crippen LogP contribution < -0.4 is 16.2 Å². The molecular formula is C20H25N3O2. The average Bonchev–Trinajstić information content (AvgIpc) is 3.07. The van der Waals surface area contributed by atoms with Gasteiger partial charge in [0.2, 0.25) is 5.91 Å². The molecule has 2 aromatic rings. The van der Waals surface area contributed by atoms with Gasteiger partial charge in [-0.05, 0) is 18.1 Å². The Hall–Kier alpha value is -2.21. The van der Waals surface area contributed by atoms with E-state index in [-0.39, 0.29) is 24.4 Å². The molecule has 1 heterocycles. The summed E-state index contributed by atoms with van der Waals surface area (Å²) in [4.78, 5) is 12.5. The molecule has 1 amide bonds. The van der Waals surface area contributed by atoms with E-state index in [2.05, 4.69) is 16.2 Å². The van der Waals surface area contributed by atoms with Gasteiger partial charge in [0.15, 0.2) is 0 Å². The van der Waals surface area contributed by atoms with E-state index in [0.717, 1.165) is 11.1 Å². The Balaban J connectivity index is 1.76. The summed E-state index contributed by atoms with van der Waals surface area (Å²) in [5, 5.41) is 14.3. The molecule has 5 heteroatoms. The molecule has 0 bridgehead atoms. The molecule has 4 N–H and O–H groups in total. The number of nitrogens with one attached hydrogen (secondary N) is 3. The minimum Gasteiger partial charge on any atom is -0.383 e. The van der Waals surface area contributed by atoms with Crippen LogP contribution in [0.4, 0.5) is 0 Å². The van der Waals surface area contributed by atoms with Gasteiger partial charge in [0.05, 0.1) is 12.5 Å². The van der Waals surface area contributed by atoms with Crippen molar-refractivity contribution in [2.45, 2.75) is 25.0 Å². The molecule has 5 nitrogen and oxygen atoms in total. The van der Waals surface area contributed by atoms with Crippen molar-refractivity contribution in [2.24, 2.45) is 5.92 Å². The van der Waals surface area contributed by atoms with Crippen molar-refractivity contribution < 1.29 is 9.90 Å². The van der Waals surface area contributed by atoms with Gasteiger partial charge < -0.3 is 10.4 Å². The monoisotopic (exact) mass is 339 g/mol. The Kier molecular flexibility index (Phi) is 5.48. The van der Waals surface area contributed by atoms with Gasteiger partial charge in [-0.25, -0.2) is 0 Å². The maximum atomic E-state index is 12.5. The SMILES string of the molecule is CC1NNCC1C(=O)NCC(O)(Cc1ccccc1)c1ccccc1. The van der Waals surface area contributed by atoms with E-state index in [1.807, 2.05) is 67.6 Å². The molecule has 0 saturated carbocycles. The predicted molar refractivity (Wildman–Crippen MR) is 97.6 cm³/mol. The molecule has 3 unspecified atom stereocenters. The van der Waals surface area contributed by atoms with Crippen LogP contribution in [0.1, 0.15) is 18.1 Å². The largest absolute Gasteiger partial charge is 0.383 e. The second kappa shape index (κ2) is 7.78. The first-order valence-electron chi connectivity index (χ1n) is 8.66. The third-order valence-electron chi connectivity index (χ3n) is 4.80. The Morgan fingerprint density at radius 1 is 1.16 bits per heavy atom. The highest BCUT2D eigenvalue weighted by molar-refractivity contribution is 5.80. The van der Waals surface area contributed by atoms with Crippen molar-refractivity contribution in [3.63, 3.8) is 0 Å². The van der Waals surface area contributed by atoms with Gasteiger partial charge in [-0.2, -0.15) is 0 Å². The lowest BCUT2D eigenvalue weighted by atomic mass is 9.87. The van der Waals surface area contributed by atoms with E-state index in [1.165, 1.54) is 0 Å². The minimum atomic E-state index is -1.15. The van der Waals surface area contributed by atoms with Crippen LogP contribution in [0.3, 0.4) is 0 Å². The van der Waals surface area contributed by atoms with Crippen molar-refractivity contribution in [1.29, 1.82) is 0 Å². The summed E-state index contributed by atoms with van der Waals surface area (Å²) in [6, 6.07) is 19.4. The lowest BCUT2D eigenvalue weighted by Gasteiger charge is -2.30. The summed E-state index contributed by atoms with van der Waals surface area (Å²) < 4.78 is 0. The highest BCUT2D eigenvalue weighted by Crippen LogP contribution is 2.25. The number of hydrazine groups is 1.